The lowest BCUT2D eigenvalue weighted by Gasteiger charge is -2.52. The van der Waals surface area contributed by atoms with Crippen LogP contribution in [0.25, 0.3) is 0 Å². The van der Waals surface area contributed by atoms with Crippen LogP contribution in [0.15, 0.2) is 0 Å². The molecule has 1 heterocycles. The molecule has 3 unspecified atom stereocenters. The number of hydrogen-bond acceptors (Lipinski definition) is 5. The Morgan fingerprint density at radius 2 is 1.66 bits per heavy atom. The van der Waals surface area contributed by atoms with Crippen molar-refractivity contribution in [3.63, 3.8) is 0 Å². The van der Waals surface area contributed by atoms with Crippen LogP contribution in [-0.4, -0.2) is 76.2 Å². The van der Waals surface area contributed by atoms with Crippen molar-refractivity contribution >= 4 is 29.6 Å². The molecule has 3 fully saturated rings. The molecule has 1 saturated heterocycles. The number of likely N-dealkylation sites (tertiary alicyclic amines) is 1. The Labute approximate surface area is 221 Å². The number of ketones is 1. The van der Waals surface area contributed by atoms with Crippen LogP contribution in [0.4, 0.5) is 13.6 Å². The molecule has 1 spiro atoms. The second kappa shape index (κ2) is 11.1. The number of carboxylic acid groups (broad SMARTS) is 1. The zero-order chi connectivity index (χ0) is 28.5. The smallest absolute Gasteiger partial charge is 0.405 e. The molecule has 2 saturated carbocycles. The average molecular weight is 543 g/mol. The first kappa shape index (κ1) is 29.8. The summed E-state index contributed by atoms with van der Waals surface area (Å²) in [5, 5.41) is 16.6. The van der Waals surface area contributed by atoms with E-state index in [1.807, 2.05) is 0 Å². The lowest BCUT2D eigenvalue weighted by molar-refractivity contribution is -0.151. The van der Waals surface area contributed by atoms with Crippen LogP contribution < -0.4 is 16.0 Å². The van der Waals surface area contributed by atoms with Gasteiger partial charge in [-0.25, -0.2) is 13.6 Å². The van der Waals surface area contributed by atoms with Crippen LogP contribution in [0.2, 0.25) is 0 Å². The Balaban J connectivity index is 1.84. The maximum absolute atomic E-state index is 13.7. The van der Waals surface area contributed by atoms with Crippen molar-refractivity contribution in [2.24, 2.45) is 10.8 Å². The number of nitrogens with one attached hydrogen (secondary N) is 3. The van der Waals surface area contributed by atoms with Crippen LogP contribution in [-0.2, 0) is 19.2 Å². The van der Waals surface area contributed by atoms with Crippen LogP contribution >= 0.6 is 0 Å². The molecular weight excluding hydrogens is 502 g/mol. The summed E-state index contributed by atoms with van der Waals surface area (Å²) < 4.78 is 27.3. The molecule has 1 aliphatic heterocycles. The van der Waals surface area contributed by atoms with E-state index in [1.165, 1.54) is 4.90 Å². The quantitative estimate of drug-likeness (QED) is 0.312. The number of nitrogens with zero attached hydrogens (tertiary/aromatic N) is 1. The number of Topliss-reactive ketones (excluding diaryl/α,β-unsaturated/α-hetero) is 1. The Morgan fingerprint density at radius 1 is 1.03 bits per heavy atom. The molecule has 3 aliphatic rings. The fourth-order valence-electron chi connectivity index (χ4n) is 5.28. The van der Waals surface area contributed by atoms with E-state index >= 15 is 0 Å². The molecule has 10 nitrogen and oxygen atoms in total. The van der Waals surface area contributed by atoms with Crippen molar-refractivity contribution in [3.8, 4) is 0 Å². The standard InChI is InChI=1S/C26H40F2N4O6/c1-24(2,3)19(31-23(37)38)22(36)32-13-12-26(9-5-10-26)14-17(32)20(34)30-16(8-11-25(4,27)28)18(33)21(35)29-15-6-7-15/h15-17,19,31H,5-14H2,1-4H3,(H,29,35)(H,30,34)(H,37,38). The van der Waals surface area contributed by atoms with Gasteiger partial charge in [0.2, 0.25) is 23.5 Å². The predicted molar refractivity (Wildman–Crippen MR) is 133 cm³/mol. The zero-order valence-corrected chi connectivity index (χ0v) is 22.6. The van der Waals surface area contributed by atoms with Gasteiger partial charge in [-0.05, 0) is 62.7 Å². The Hall–Kier alpha value is -2.79. The van der Waals surface area contributed by atoms with Gasteiger partial charge in [0.15, 0.2) is 0 Å². The summed E-state index contributed by atoms with van der Waals surface area (Å²) in [4.78, 5) is 65.3. The van der Waals surface area contributed by atoms with Gasteiger partial charge >= 0.3 is 6.09 Å². The fourth-order valence-corrected chi connectivity index (χ4v) is 5.28. The highest BCUT2D eigenvalue weighted by Gasteiger charge is 2.50. The molecule has 4 N–H and O–H groups in total. The van der Waals surface area contributed by atoms with Gasteiger partial charge in [0.05, 0.1) is 6.04 Å². The second-order valence-corrected chi connectivity index (χ2v) is 12.4. The highest BCUT2D eigenvalue weighted by Crippen LogP contribution is 2.50. The molecule has 4 amide bonds. The summed E-state index contributed by atoms with van der Waals surface area (Å²) in [5.41, 5.74) is -0.941. The van der Waals surface area contributed by atoms with Crippen molar-refractivity contribution in [2.75, 3.05) is 6.54 Å². The number of carbonyl (C=O) groups is 5. The number of piperidine rings is 1. The monoisotopic (exact) mass is 542 g/mol. The first-order valence-electron chi connectivity index (χ1n) is 13.3. The minimum Gasteiger partial charge on any atom is -0.465 e. The summed E-state index contributed by atoms with van der Waals surface area (Å²) in [6.07, 6.45) is 2.63. The molecule has 38 heavy (non-hydrogen) atoms. The molecule has 12 heteroatoms. The minimum absolute atomic E-state index is 0.128. The van der Waals surface area contributed by atoms with E-state index in [0.717, 1.165) is 32.1 Å². The second-order valence-electron chi connectivity index (χ2n) is 12.4. The zero-order valence-electron chi connectivity index (χ0n) is 22.6. The van der Waals surface area contributed by atoms with Gasteiger partial charge in [0.25, 0.3) is 5.91 Å². The Bertz CT molecular complexity index is 952. The third-order valence-corrected chi connectivity index (χ3v) is 7.91. The van der Waals surface area contributed by atoms with E-state index in [-0.39, 0.29) is 18.0 Å². The van der Waals surface area contributed by atoms with Crippen molar-refractivity contribution < 1.29 is 37.9 Å². The Morgan fingerprint density at radius 3 is 2.13 bits per heavy atom. The fraction of sp³-hybridized carbons (Fsp3) is 0.808. The van der Waals surface area contributed by atoms with Gasteiger partial charge in [-0.1, -0.05) is 27.2 Å². The highest BCUT2D eigenvalue weighted by molar-refractivity contribution is 6.38. The number of carbonyl (C=O) groups excluding carboxylic acids is 4. The van der Waals surface area contributed by atoms with E-state index in [9.17, 15) is 37.9 Å². The summed E-state index contributed by atoms with van der Waals surface area (Å²) in [6, 6.07) is -3.76. The number of hydrogen-bond donors (Lipinski definition) is 4. The van der Waals surface area contributed by atoms with Gasteiger partial charge < -0.3 is 26.0 Å². The van der Waals surface area contributed by atoms with Crippen molar-refractivity contribution in [1.82, 2.24) is 20.9 Å². The maximum atomic E-state index is 13.7. The van der Waals surface area contributed by atoms with E-state index in [1.54, 1.807) is 20.8 Å². The molecule has 0 aromatic rings. The van der Waals surface area contributed by atoms with E-state index in [4.69, 9.17) is 0 Å². The molecule has 3 rings (SSSR count). The van der Waals surface area contributed by atoms with Gasteiger partial charge in [-0.3, -0.25) is 19.2 Å². The number of rotatable bonds is 10. The van der Waals surface area contributed by atoms with Gasteiger partial charge in [0, 0.05) is 19.0 Å². The highest BCUT2D eigenvalue weighted by atomic mass is 19.3. The summed E-state index contributed by atoms with van der Waals surface area (Å²) in [7, 11) is 0. The van der Waals surface area contributed by atoms with Crippen molar-refractivity contribution in [2.45, 2.75) is 116 Å². The summed E-state index contributed by atoms with van der Waals surface area (Å²) in [6.45, 7) is 6.03. The average Bonchev–Trinajstić information content (AvgIpc) is 3.60. The van der Waals surface area contributed by atoms with Crippen LogP contribution in [0, 0.1) is 10.8 Å². The molecule has 0 bridgehead atoms. The molecule has 0 aromatic carbocycles. The first-order valence-corrected chi connectivity index (χ1v) is 13.3. The summed E-state index contributed by atoms with van der Waals surface area (Å²) >= 11 is 0. The predicted octanol–water partition coefficient (Wildman–Crippen LogP) is 2.60. The minimum atomic E-state index is -3.11. The molecule has 0 radical (unpaired) electrons. The van der Waals surface area contributed by atoms with Gasteiger partial charge in [0.1, 0.15) is 12.1 Å². The number of halogens is 2. The SMILES string of the molecule is CC(F)(F)CCC(NC(=O)C1CC2(CCC2)CCN1C(=O)C(NC(=O)O)C(C)(C)C)C(=O)C(=O)NC1CC1. The van der Waals surface area contributed by atoms with Crippen molar-refractivity contribution in [1.29, 1.82) is 0 Å². The van der Waals surface area contributed by atoms with Crippen LogP contribution in [0.1, 0.15) is 85.5 Å². The third-order valence-electron chi connectivity index (χ3n) is 7.91. The van der Waals surface area contributed by atoms with Gasteiger partial charge in [-0.2, -0.15) is 0 Å². The Kier molecular flexibility index (Phi) is 8.72. The topological polar surface area (TPSA) is 145 Å². The lowest BCUT2D eigenvalue weighted by Crippen LogP contribution is -2.64. The molecule has 214 valence electrons. The molecule has 0 aromatic heterocycles. The number of alkyl halides is 2. The van der Waals surface area contributed by atoms with Crippen LogP contribution in [0.3, 0.4) is 0 Å². The largest absolute Gasteiger partial charge is 0.465 e. The van der Waals surface area contributed by atoms with Crippen molar-refractivity contribution in [3.05, 3.63) is 0 Å². The summed E-state index contributed by atoms with van der Waals surface area (Å²) in [5.74, 6) is -6.31. The molecule has 2 aliphatic carbocycles. The molecular formula is C26H40F2N4O6. The first-order chi connectivity index (χ1) is 17.5. The lowest BCUT2D eigenvalue weighted by atomic mass is 9.61. The van der Waals surface area contributed by atoms with Gasteiger partial charge in [-0.15, -0.1) is 0 Å². The van der Waals surface area contributed by atoms with E-state index < -0.39 is 71.9 Å². The number of amides is 4. The van der Waals surface area contributed by atoms with E-state index in [0.29, 0.717) is 19.8 Å². The van der Waals surface area contributed by atoms with Crippen LogP contribution in [0.5, 0.6) is 0 Å². The maximum Gasteiger partial charge on any atom is 0.405 e. The third kappa shape index (κ3) is 7.63. The molecule has 3 atom stereocenters. The normalized spacial score (nSPS) is 22.6. The van der Waals surface area contributed by atoms with E-state index in [2.05, 4.69) is 16.0 Å².